The first kappa shape index (κ1) is 14.9. The molecule has 0 heterocycles. The van der Waals surface area contributed by atoms with Crippen LogP contribution in [-0.2, 0) is 13.0 Å². The summed E-state index contributed by atoms with van der Waals surface area (Å²) < 4.78 is 5.90. The SMILES string of the molecule is Cc1ccc(COc2ccc(Cl)cc2CC(C)N)cc1. The Balaban J connectivity index is 2.10. The number of rotatable bonds is 5. The molecule has 20 heavy (non-hydrogen) atoms. The van der Waals surface area contributed by atoms with E-state index >= 15 is 0 Å². The molecule has 1 unspecified atom stereocenters. The Bertz CT molecular complexity index is 564. The summed E-state index contributed by atoms with van der Waals surface area (Å²) in [6.07, 6.45) is 0.754. The van der Waals surface area contributed by atoms with Crippen molar-refractivity contribution in [2.24, 2.45) is 5.73 Å². The maximum atomic E-state index is 6.04. The van der Waals surface area contributed by atoms with Gasteiger partial charge in [0.1, 0.15) is 12.4 Å². The van der Waals surface area contributed by atoms with E-state index in [4.69, 9.17) is 22.1 Å². The van der Waals surface area contributed by atoms with E-state index in [9.17, 15) is 0 Å². The molecule has 0 saturated carbocycles. The maximum Gasteiger partial charge on any atom is 0.123 e. The molecular weight excluding hydrogens is 270 g/mol. The van der Waals surface area contributed by atoms with Gasteiger partial charge in [0.05, 0.1) is 0 Å². The molecule has 0 saturated heterocycles. The van der Waals surface area contributed by atoms with Crippen molar-refractivity contribution in [2.45, 2.75) is 32.9 Å². The van der Waals surface area contributed by atoms with E-state index in [0.717, 1.165) is 23.3 Å². The lowest BCUT2D eigenvalue weighted by molar-refractivity contribution is 0.302. The van der Waals surface area contributed by atoms with Gasteiger partial charge in [-0.2, -0.15) is 0 Å². The molecule has 2 rings (SSSR count). The summed E-state index contributed by atoms with van der Waals surface area (Å²) in [4.78, 5) is 0. The maximum absolute atomic E-state index is 6.04. The van der Waals surface area contributed by atoms with Crippen LogP contribution in [0.2, 0.25) is 5.02 Å². The number of halogens is 1. The van der Waals surface area contributed by atoms with Crippen LogP contribution in [-0.4, -0.2) is 6.04 Å². The van der Waals surface area contributed by atoms with Gasteiger partial charge < -0.3 is 10.5 Å². The van der Waals surface area contributed by atoms with Crippen LogP contribution in [0.5, 0.6) is 5.75 Å². The van der Waals surface area contributed by atoms with Gasteiger partial charge in [0.2, 0.25) is 0 Å². The summed E-state index contributed by atoms with van der Waals surface area (Å²) in [7, 11) is 0. The standard InChI is InChI=1S/C17H20ClNO/c1-12-3-5-14(6-4-12)11-20-17-8-7-16(18)10-15(17)9-13(2)19/h3-8,10,13H,9,11,19H2,1-2H3. The Morgan fingerprint density at radius 2 is 1.85 bits per heavy atom. The third kappa shape index (κ3) is 4.26. The molecule has 0 amide bonds. The van der Waals surface area contributed by atoms with Crippen LogP contribution in [0, 0.1) is 6.92 Å². The van der Waals surface area contributed by atoms with E-state index in [2.05, 4.69) is 31.2 Å². The predicted octanol–water partition coefficient (Wildman–Crippen LogP) is 4.12. The van der Waals surface area contributed by atoms with Crippen LogP contribution in [0.25, 0.3) is 0 Å². The van der Waals surface area contributed by atoms with Crippen LogP contribution in [0.1, 0.15) is 23.6 Å². The van der Waals surface area contributed by atoms with Crippen LogP contribution >= 0.6 is 11.6 Å². The number of hydrogen-bond donors (Lipinski definition) is 1. The first-order valence-electron chi connectivity index (χ1n) is 6.77. The molecule has 0 fully saturated rings. The average molecular weight is 290 g/mol. The lowest BCUT2D eigenvalue weighted by atomic mass is 10.1. The fourth-order valence-electron chi connectivity index (χ4n) is 2.04. The zero-order chi connectivity index (χ0) is 14.5. The molecular formula is C17H20ClNO. The van der Waals surface area contributed by atoms with Crippen molar-refractivity contribution in [3.63, 3.8) is 0 Å². The number of aryl methyl sites for hydroxylation is 1. The van der Waals surface area contributed by atoms with Crippen LogP contribution < -0.4 is 10.5 Å². The van der Waals surface area contributed by atoms with E-state index in [1.807, 2.05) is 25.1 Å². The number of ether oxygens (including phenoxy) is 1. The van der Waals surface area contributed by atoms with Gasteiger partial charge in [-0.15, -0.1) is 0 Å². The van der Waals surface area contributed by atoms with E-state index in [1.54, 1.807) is 0 Å². The molecule has 2 N–H and O–H groups in total. The van der Waals surface area contributed by atoms with Gasteiger partial charge in [-0.25, -0.2) is 0 Å². The largest absolute Gasteiger partial charge is 0.489 e. The zero-order valence-corrected chi connectivity index (χ0v) is 12.7. The highest BCUT2D eigenvalue weighted by molar-refractivity contribution is 6.30. The van der Waals surface area contributed by atoms with E-state index in [-0.39, 0.29) is 6.04 Å². The molecule has 0 radical (unpaired) electrons. The van der Waals surface area contributed by atoms with Gasteiger partial charge >= 0.3 is 0 Å². The molecule has 0 aliphatic carbocycles. The third-order valence-electron chi connectivity index (χ3n) is 3.08. The molecule has 2 aromatic rings. The molecule has 0 aromatic heterocycles. The topological polar surface area (TPSA) is 35.2 Å². The Morgan fingerprint density at radius 1 is 1.15 bits per heavy atom. The summed E-state index contributed by atoms with van der Waals surface area (Å²) in [5.41, 5.74) is 9.32. The van der Waals surface area contributed by atoms with Crippen molar-refractivity contribution < 1.29 is 4.74 Å². The fraction of sp³-hybridized carbons (Fsp3) is 0.294. The zero-order valence-electron chi connectivity index (χ0n) is 11.9. The lowest BCUT2D eigenvalue weighted by Gasteiger charge is -2.13. The average Bonchev–Trinajstić information content (AvgIpc) is 2.39. The van der Waals surface area contributed by atoms with Crippen molar-refractivity contribution in [1.29, 1.82) is 0 Å². The van der Waals surface area contributed by atoms with Crippen LogP contribution in [0.4, 0.5) is 0 Å². The van der Waals surface area contributed by atoms with Crippen molar-refractivity contribution in [3.8, 4) is 5.75 Å². The Morgan fingerprint density at radius 3 is 2.50 bits per heavy atom. The van der Waals surface area contributed by atoms with Crippen molar-refractivity contribution in [3.05, 3.63) is 64.2 Å². The minimum atomic E-state index is 0.0789. The molecule has 1 atom stereocenters. The predicted molar refractivity (Wildman–Crippen MR) is 84.3 cm³/mol. The monoisotopic (exact) mass is 289 g/mol. The summed E-state index contributed by atoms with van der Waals surface area (Å²) in [6, 6.07) is 14.1. The Kier molecular flexibility index (Phi) is 5.05. The second kappa shape index (κ2) is 6.78. The van der Waals surface area contributed by atoms with Gasteiger partial charge in [-0.1, -0.05) is 41.4 Å². The second-order valence-corrected chi connectivity index (χ2v) is 5.64. The van der Waals surface area contributed by atoms with Gasteiger partial charge in [-0.05, 0) is 49.6 Å². The summed E-state index contributed by atoms with van der Waals surface area (Å²) in [5.74, 6) is 0.854. The molecule has 2 nitrogen and oxygen atoms in total. The highest BCUT2D eigenvalue weighted by Crippen LogP contribution is 2.25. The van der Waals surface area contributed by atoms with Crippen molar-refractivity contribution >= 4 is 11.6 Å². The van der Waals surface area contributed by atoms with Crippen LogP contribution in [0.3, 0.4) is 0 Å². The van der Waals surface area contributed by atoms with Crippen molar-refractivity contribution in [2.75, 3.05) is 0 Å². The highest BCUT2D eigenvalue weighted by Gasteiger charge is 2.07. The highest BCUT2D eigenvalue weighted by atomic mass is 35.5. The molecule has 0 aliphatic rings. The first-order valence-corrected chi connectivity index (χ1v) is 7.15. The summed E-state index contributed by atoms with van der Waals surface area (Å²) >= 11 is 6.04. The second-order valence-electron chi connectivity index (χ2n) is 5.21. The number of benzene rings is 2. The van der Waals surface area contributed by atoms with E-state index < -0.39 is 0 Å². The number of nitrogens with two attached hydrogens (primary N) is 1. The Hall–Kier alpha value is -1.51. The van der Waals surface area contributed by atoms with Crippen LogP contribution in [0.15, 0.2) is 42.5 Å². The molecule has 106 valence electrons. The molecule has 0 spiro atoms. The van der Waals surface area contributed by atoms with E-state index in [1.165, 1.54) is 5.56 Å². The van der Waals surface area contributed by atoms with E-state index in [0.29, 0.717) is 11.6 Å². The minimum absolute atomic E-state index is 0.0789. The summed E-state index contributed by atoms with van der Waals surface area (Å²) in [5, 5.41) is 0.711. The fourth-order valence-corrected chi connectivity index (χ4v) is 2.24. The molecule has 0 aliphatic heterocycles. The lowest BCUT2D eigenvalue weighted by Crippen LogP contribution is -2.18. The number of hydrogen-bond acceptors (Lipinski definition) is 2. The smallest absolute Gasteiger partial charge is 0.123 e. The van der Waals surface area contributed by atoms with Crippen molar-refractivity contribution in [1.82, 2.24) is 0 Å². The van der Waals surface area contributed by atoms with Gasteiger partial charge in [0.15, 0.2) is 0 Å². The normalized spacial score (nSPS) is 12.2. The quantitative estimate of drug-likeness (QED) is 0.899. The molecule has 2 aromatic carbocycles. The minimum Gasteiger partial charge on any atom is -0.489 e. The third-order valence-corrected chi connectivity index (χ3v) is 3.31. The molecule has 3 heteroatoms. The summed E-state index contributed by atoms with van der Waals surface area (Å²) in [6.45, 7) is 4.60. The Labute approximate surface area is 125 Å². The first-order chi connectivity index (χ1) is 9.54. The van der Waals surface area contributed by atoms with Gasteiger partial charge in [-0.3, -0.25) is 0 Å². The van der Waals surface area contributed by atoms with Gasteiger partial charge in [0.25, 0.3) is 0 Å². The molecule has 0 bridgehead atoms. The van der Waals surface area contributed by atoms with Gasteiger partial charge in [0, 0.05) is 11.1 Å².